The number of amides is 1. The van der Waals surface area contributed by atoms with Gasteiger partial charge in [0.25, 0.3) is 5.91 Å². The Hall–Kier alpha value is -0.920. The van der Waals surface area contributed by atoms with Gasteiger partial charge in [0, 0.05) is 24.0 Å². The van der Waals surface area contributed by atoms with E-state index in [4.69, 9.17) is 0 Å². The molecule has 0 saturated carbocycles. The van der Waals surface area contributed by atoms with E-state index in [0.717, 1.165) is 30.6 Å². The van der Waals surface area contributed by atoms with Gasteiger partial charge < -0.3 is 5.32 Å². The molecule has 1 amide bonds. The van der Waals surface area contributed by atoms with Gasteiger partial charge in [0.05, 0.1) is 11.1 Å². The summed E-state index contributed by atoms with van der Waals surface area (Å²) in [7, 11) is -3.18. The summed E-state index contributed by atoms with van der Waals surface area (Å²) in [4.78, 5) is 14.6. The molecule has 1 aliphatic carbocycles. The lowest BCUT2D eigenvalue weighted by Crippen LogP contribution is -2.49. The summed E-state index contributed by atoms with van der Waals surface area (Å²) in [5.74, 6) is 0.632. The quantitative estimate of drug-likeness (QED) is 0.901. The van der Waals surface area contributed by atoms with Gasteiger partial charge in [0.2, 0.25) is 10.0 Å². The first kappa shape index (κ1) is 16.9. The molecule has 1 fully saturated rings. The molecule has 1 aliphatic heterocycles. The van der Waals surface area contributed by atoms with Crippen LogP contribution < -0.4 is 5.32 Å². The molecule has 1 N–H and O–H groups in total. The smallest absolute Gasteiger partial charge is 0.261 e. The van der Waals surface area contributed by atoms with Gasteiger partial charge in [-0.1, -0.05) is 6.92 Å². The Morgan fingerprint density at radius 1 is 1.39 bits per heavy atom. The van der Waals surface area contributed by atoms with Crippen molar-refractivity contribution in [3.05, 3.63) is 21.4 Å². The van der Waals surface area contributed by atoms with Crippen molar-refractivity contribution in [1.29, 1.82) is 0 Å². The van der Waals surface area contributed by atoms with E-state index in [1.807, 2.05) is 6.07 Å². The zero-order valence-electron chi connectivity index (χ0n) is 13.7. The average molecular weight is 357 g/mol. The monoisotopic (exact) mass is 356 g/mol. The number of carbonyl (C=O) groups excluding carboxylic acids is 1. The Morgan fingerprint density at radius 2 is 2.17 bits per heavy atom. The van der Waals surface area contributed by atoms with Crippen LogP contribution in [-0.2, 0) is 22.9 Å². The lowest BCUT2D eigenvalue weighted by Gasteiger charge is -2.31. The fraction of sp³-hybridized carbons (Fsp3) is 0.688. The highest BCUT2D eigenvalue weighted by Gasteiger charge is 2.28. The van der Waals surface area contributed by atoms with Crippen molar-refractivity contribution in [3.8, 4) is 0 Å². The highest BCUT2D eigenvalue weighted by atomic mass is 32.2. The summed E-state index contributed by atoms with van der Waals surface area (Å²) in [6.07, 6.45) is 6.17. The first-order chi connectivity index (χ1) is 10.8. The minimum atomic E-state index is -3.18. The number of fused-ring (bicyclic) bond motifs is 1. The van der Waals surface area contributed by atoms with E-state index >= 15 is 0 Å². The van der Waals surface area contributed by atoms with Crippen molar-refractivity contribution in [1.82, 2.24) is 9.62 Å². The van der Waals surface area contributed by atoms with Crippen LogP contribution in [0.2, 0.25) is 0 Å². The fourth-order valence-electron chi connectivity index (χ4n) is 3.44. The van der Waals surface area contributed by atoms with Crippen LogP contribution in [0.25, 0.3) is 0 Å². The second-order valence-electron chi connectivity index (χ2n) is 6.84. The number of piperidine rings is 1. The first-order valence-electron chi connectivity index (χ1n) is 8.20. The van der Waals surface area contributed by atoms with Gasteiger partial charge >= 0.3 is 0 Å². The number of nitrogens with zero attached hydrogens (tertiary/aromatic N) is 1. The zero-order chi connectivity index (χ0) is 16.6. The Labute approximate surface area is 142 Å². The maximum atomic E-state index is 12.5. The second kappa shape index (κ2) is 6.53. The van der Waals surface area contributed by atoms with Gasteiger partial charge in [0.15, 0.2) is 0 Å². The Morgan fingerprint density at radius 3 is 2.91 bits per heavy atom. The third kappa shape index (κ3) is 3.95. The SMILES string of the molecule is CC1CCc2sc(C(=O)NC3CCCN(S(C)(=O)=O)C3)cc2C1. The average Bonchev–Trinajstić information content (AvgIpc) is 2.90. The predicted molar refractivity (Wildman–Crippen MR) is 92.4 cm³/mol. The van der Waals surface area contributed by atoms with Crippen LogP contribution in [0.5, 0.6) is 0 Å². The molecule has 23 heavy (non-hydrogen) atoms. The number of nitrogens with one attached hydrogen (secondary N) is 1. The van der Waals surface area contributed by atoms with Crippen molar-refractivity contribution < 1.29 is 13.2 Å². The number of thiophene rings is 1. The molecule has 7 heteroatoms. The van der Waals surface area contributed by atoms with Gasteiger partial charge in [-0.05, 0) is 49.7 Å². The molecule has 1 aromatic heterocycles. The Bertz CT molecular complexity index is 696. The van der Waals surface area contributed by atoms with E-state index < -0.39 is 10.0 Å². The minimum Gasteiger partial charge on any atom is -0.347 e. The van der Waals surface area contributed by atoms with Gasteiger partial charge in [-0.15, -0.1) is 11.3 Å². The van der Waals surface area contributed by atoms with Crippen molar-refractivity contribution in [3.63, 3.8) is 0 Å². The molecule has 1 aromatic rings. The van der Waals surface area contributed by atoms with Crippen LogP contribution in [-0.4, -0.2) is 44.0 Å². The van der Waals surface area contributed by atoms with Gasteiger partial charge in [-0.2, -0.15) is 0 Å². The summed E-state index contributed by atoms with van der Waals surface area (Å²) in [6, 6.07) is 1.94. The van der Waals surface area contributed by atoms with Gasteiger partial charge in [-0.25, -0.2) is 12.7 Å². The van der Waals surface area contributed by atoms with Crippen LogP contribution in [0, 0.1) is 5.92 Å². The number of aryl methyl sites for hydroxylation is 1. The highest BCUT2D eigenvalue weighted by Crippen LogP contribution is 2.32. The van der Waals surface area contributed by atoms with E-state index in [0.29, 0.717) is 19.0 Å². The number of carbonyl (C=O) groups is 1. The summed E-state index contributed by atoms with van der Waals surface area (Å²) < 4.78 is 24.8. The molecule has 0 radical (unpaired) electrons. The zero-order valence-corrected chi connectivity index (χ0v) is 15.3. The van der Waals surface area contributed by atoms with Crippen LogP contribution in [0.15, 0.2) is 6.07 Å². The Kier molecular flexibility index (Phi) is 4.80. The van der Waals surface area contributed by atoms with Crippen LogP contribution in [0.3, 0.4) is 0 Å². The van der Waals surface area contributed by atoms with Gasteiger partial charge in [-0.3, -0.25) is 4.79 Å². The molecule has 0 bridgehead atoms. The van der Waals surface area contributed by atoms with Crippen molar-refractivity contribution in [2.75, 3.05) is 19.3 Å². The maximum Gasteiger partial charge on any atom is 0.261 e. The third-order valence-corrected chi connectivity index (χ3v) is 7.25. The molecule has 2 heterocycles. The second-order valence-corrected chi connectivity index (χ2v) is 9.96. The lowest BCUT2D eigenvalue weighted by atomic mass is 9.90. The molecule has 2 aliphatic rings. The number of hydrogen-bond donors (Lipinski definition) is 1. The molecule has 0 spiro atoms. The van der Waals surface area contributed by atoms with Crippen molar-refractivity contribution in [2.45, 2.75) is 45.1 Å². The number of rotatable bonds is 3. The van der Waals surface area contributed by atoms with Gasteiger partial charge in [0.1, 0.15) is 0 Å². The standard InChI is InChI=1S/C16H24N2O3S2/c1-11-5-6-14-12(8-11)9-15(22-14)16(19)17-13-4-3-7-18(10-13)23(2,20)21/h9,11,13H,3-8,10H2,1-2H3,(H,17,19). The van der Waals surface area contributed by atoms with Crippen molar-refractivity contribution in [2.24, 2.45) is 5.92 Å². The molecule has 1 saturated heterocycles. The van der Waals surface area contributed by atoms with Crippen LogP contribution in [0.1, 0.15) is 46.3 Å². The largest absolute Gasteiger partial charge is 0.347 e. The third-order valence-electron chi connectivity index (χ3n) is 4.74. The minimum absolute atomic E-state index is 0.0580. The molecule has 2 atom stereocenters. The molecule has 128 valence electrons. The topological polar surface area (TPSA) is 66.5 Å². The van der Waals surface area contributed by atoms with E-state index in [1.54, 1.807) is 11.3 Å². The van der Waals surface area contributed by atoms with E-state index in [1.165, 1.54) is 27.4 Å². The highest BCUT2D eigenvalue weighted by molar-refractivity contribution is 7.88. The van der Waals surface area contributed by atoms with Crippen LogP contribution in [0.4, 0.5) is 0 Å². The lowest BCUT2D eigenvalue weighted by molar-refractivity contribution is 0.0925. The number of sulfonamides is 1. The number of hydrogen-bond acceptors (Lipinski definition) is 4. The molecule has 5 nitrogen and oxygen atoms in total. The van der Waals surface area contributed by atoms with Crippen molar-refractivity contribution >= 4 is 27.3 Å². The summed E-state index contributed by atoms with van der Waals surface area (Å²) in [5, 5.41) is 3.02. The summed E-state index contributed by atoms with van der Waals surface area (Å²) in [5.41, 5.74) is 1.32. The van der Waals surface area contributed by atoms with Crippen LogP contribution >= 0.6 is 11.3 Å². The molecular weight excluding hydrogens is 332 g/mol. The first-order valence-corrected chi connectivity index (χ1v) is 10.9. The normalized spacial score (nSPS) is 25.8. The summed E-state index contributed by atoms with van der Waals surface area (Å²) >= 11 is 1.60. The molecule has 2 unspecified atom stereocenters. The maximum absolute atomic E-state index is 12.5. The molecule has 3 rings (SSSR count). The van der Waals surface area contributed by atoms with E-state index in [-0.39, 0.29) is 11.9 Å². The van der Waals surface area contributed by atoms with E-state index in [2.05, 4.69) is 12.2 Å². The van der Waals surface area contributed by atoms with E-state index in [9.17, 15) is 13.2 Å². The Balaban J connectivity index is 1.65. The predicted octanol–water partition coefficient (Wildman–Crippen LogP) is 2.03. The fourth-order valence-corrected chi connectivity index (χ4v) is 5.46. The summed E-state index contributed by atoms with van der Waals surface area (Å²) in [6.45, 7) is 3.19. The molecular formula is C16H24N2O3S2. The molecule has 0 aromatic carbocycles.